The second-order valence-electron chi connectivity index (χ2n) is 6.12. The molecule has 3 rings (SSSR count). The fourth-order valence-corrected chi connectivity index (χ4v) is 3.44. The second kappa shape index (κ2) is 7.32. The summed E-state index contributed by atoms with van der Waals surface area (Å²) in [7, 11) is -3.40. The van der Waals surface area contributed by atoms with Crippen LogP contribution in [0.5, 0.6) is 0 Å². The number of hydrogen-bond acceptors (Lipinski definition) is 6. The monoisotopic (exact) mass is 385 g/mol. The number of rotatable bonds is 5. The third-order valence-electron chi connectivity index (χ3n) is 4.10. The van der Waals surface area contributed by atoms with Gasteiger partial charge in [0.05, 0.1) is 10.6 Å². The minimum Gasteiger partial charge on any atom is -0.403 e. The Kier molecular flexibility index (Phi) is 5.09. The van der Waals surface area contributed by atoms with Crippen LogP contribution in [0.15, 0.2) is 51.8 Å². The maximum absolute atomic E-state index is 12.4. The van der Waals surface area contributed by atoms with E-state index in [1.807, 2.05) is 32.0 Å². The molecule has 0 radical (unpaired) electrons. The van der Waals surface area contributed by atoms with Gasteiger partial charge >= 0.3 is 6.01 Å². The summed E-state index contributed by atoms with van der Waals surface area (Å²) in [6, 6.07) is 11.6. The zero-order valence-corrected chi connectivity index (χ0v) is 16.0. The van der Waals surface area contributed by atoms with Crippen molar-refractivity contribution in [1.82, 2.24) is 10.2 Å². The smallest absolute Gasteiger partial charge is 0.322 e. The fourth-order valence-electron chi connectivity index (χ4n) is 2.52. The Hall–Kier alpha value is -3.00. The Morgan fingerprint density at radius 2 is 1.89 bits per heavy atom. The van der Waals surface area contributed by atoms with Crippen molar-refractivity contribution in [2.45, 2.75) is 25.7 Å². The lowest BCUT2D eigenvalue weighted by Crippen LogP contribution is -2.13. The predicted octanol–water partition coefficient (Wildman–Crippen LogP) is 3.40. The number of carbonyl (C=O) groups is 1. The number of aryl methyl sites for hydroxylation is 2. The number of sulfone groups is 1. The third kappa shape index (κ3) is 4.06. The number of anilines is 1. The highest BCUT2D eigenvalue weighted by Gasteiger charge is 2.17. The molecule has 0 unspecified atom stereocenters. The standard InChI is InChI=1S/C19H19N3O4S/c1-4-27(24,25)15-7-5-6-14(11-15)17(23)20-19-22-21-18(26-19)16-10-12(2)8-9-13(16)3/h5-11H,4H2,1-3H3,(H,20,22,23). The topological polar surface area (TPSA) is 102 Å². The van der Waals surface area contributed by atoms with Crippen LogP contribution in [-0.4, -0.2) is 30.3 Å². The van der Waals surface area contributed by atoms with Gasteiger partial charge in [-0.2, -0.15) is 0 Å². The zero-order valence-electron chi connectivity index (χ0n) is 15.2. The van der Waals surface area contributed by atoms with Gasteiger partial charge in [-0.15, -0.1) is 5.10 Å². The average molecular weight is 385 g/mol. The molecule has 27 heavy (non-hydrogen) atoms. The number of carbonyl (C=O) groups excluding carboxylic acids is 1. The van der Waals surface area contributed by atoms with Gasteiger partial charge in [0.2, 0.25) is 5.89 Å². The summed E-state index contributed by atoms with van der Waals surface area (Å²) in [5.41, 5.74) is 3.00. The van der Waals surface area contributed by atoms with Gasteiger partial charge in [-0.25, -0.2) is 8.42 Å². The van der Waals surface area contributed by atoms with Crippen LogP contribution in [0.25, 0.3) is 11.5 Å². The van der Waals surface area contributed by atoms with E-state index in [0.29, 0.717) is 5.89 Å². The van der Waals surface area contributed by atoms with Crippen molar-refractivity contribution in [3.63, 3.8) is 0 Å². The van der Waals surface area contributed by atoms with Crippen LogP contribution in [0.4, 0.5) is 6.01 Å². The van der Waals surface area contributed by atoms with Crippen molar-refractivity contribution in [1.29, 1.82) is 0 Å². The van der Waals surface area contributed by atoms with Crippen LogP contribution >= 0.6 is 0 Å². The molecule has 0 spiro atoms. The molecule has 0 aliphatic carbocycles. The predicted molar refractivity (Wildman–Crippen MR) is 101 cm³/mol. The summed E-state index contributed by atoms with van der Waals surface area (Å²) in [4.78, 5) is 12.5. The third-order valence-corrected chi connectivity index (χ3v) is 5.84. The number of nitrogens with one attached hydrogen (secondary N) is 1. The molecule has 0 saturated carbocycles. The van der Waals surface area contributed by atoms with Gasteiger partial charge in [0.25, 0.3) is 5.91 Å². The molecule has 1 amide bonds. The average Bonchev–Trinajstić information content (AvgIpc) is 3.12. The van der Waals surface area contributed by atoms with Crippen LogP contribution in [0.3, 0.4) is 0 Å². The molecule has 140 valence electrons. The molecule has 0 saturated heterocycles. The molecule has 1 heterocycles. The summed E-state index contributed by atoms with van der Waals surface area (Å²) in [6.07, 6.45) is 0. The van der Waals surface area contributed by atoms with E-state index in [1.54, 1.807) is 6.92 Å². The zero-order chi connectivity index (χ0) is 19.6. The SMILES string of the molecule is CCS(=O)(=O)c1cccc(C(=O)Nc2nnc(-c3cc(C)ccc3C)o2)c1. The minimum absolute atomic E-state index is 0.0407. The normalized spacial score (nSPS) is 11.4. The van der Waals surface area contributed by atoms with Gasteiger partial charge in [0.15, 0.2) is 9.84 Å². The Bertz CT molecular complexity index is 1100. The van der Waals surface area contributed by atoms with Crippen LogP contribution in [0.2, 0.25) is 0 Å². The van der Waals surface area contributed by atoms with Crippen molar-refractivity contribution in [2.24, 2.45) is 0 Å². The first-order valence-electron chi connectivity index (χ1n) is 8.35. The highest BCUT2D eigenvalue weighted by Crippen LogP contribution is 2.25. The van der Waals surface area contributed by atoms with Gasteiger partial charge in [0.1, 0.15) is 0 Å². The molecule has 3 aromatic rings. The molecule has 2 aromatic carbocycles. The first kappa shape index (κ1) is 18.8. The molecular formula is C19H19N3O4S. The summed E-state index contributed by atoms with van der Waals surface area (Å²) in [5.74, 6) is -0.269. The van der Waals surface area contributed by atoms with E-state index in [9.17, 15) is 13.2 Å². The minimum atomic E-state index is -3.40. The Morgan fingerprint density at radius 3 is 2.63 bits per heavy atom. The van der Waals surface area contributed by atoms with Gasteiger partial charge in [0, 0.05) is 11.1 Å². The molecule has 0 fully saturated rings. The molecule has 0 aliphatic rings. The van der Waals surface area contributed by atoms with E-state index in [0.717, 1.165) is 16.7 Å². The summed E-state index contributed by atoms with van der Waals surface area (Å²) in [6.45, 7) is 5.44. The Balaban J connectivity index is 1.83. The van der Waals surface area contributed by atoms with Crippen LogP contribution < -0.4 is 5.32 Å². The highest BCUT2D eigenvalue weighted by molar-refractivity contribution is 7.91. The largest absolute Gasteiger partial charge is 0.403 e. The van der Waals surface area contributed by atoms with Gasteiger partial charge < -0.3 is 4.42 Å². The maximum atomic E-state index is 12.4. The fraction of sp³-hybridized carbons (Fsp3) is 0.211. The quantitative estimate of drug-likeness (QED) is 0.722. The number of amides is 1. The lowest BCUT2D eigenvalue weighted by Gasteiger charge is -2.05. The van der Waals surface area contributed by atoms with Crippen LogP contribution in [0, 0.1) is 13.8 Å². The molecule has 0 bridgehead atoms. The van der Waals surface area contributed by atoms with Crippen molar-refractivity contribution < 1.29 is 17.6 Å². The summed E-state index contributed by atoms with van der Waals surface area (Å²) < 4.78 is 29.5. The molecule has 1 aromatic heterocycles. The van der Waals surface area contributed by atoms with Gasteiger partial charge in [-0.3, -0.25) is 10.1 Å². The van der Waals surface area contributed by atoms with Gasteiger partial charge in [-0.05, 0) is 43.7 Å². The molecule has 0 atom stereocenters. The first-order valence-corrected chi connectivity index (χ1v) is 10.0. The second-order valence-corrected chi connectivity index (χ2v) is 8.39. The molecular weight excluding hydrogens is 366 g/mol. The van der Waals surface area contributed by atoms with E-state index < -0.39 is 15.7 Å². The lowest BCUT2D eigenvalue weighted by atomic mass is 10.1. The van der Waals surface area contributed by atoms with E-state index in [-0.39, 0.29) is 22.2 Å². The number of nitrogens with zero attached hydrogens (tertiary/aromatic N) is 2. The number of benzene rings is 2. The van der Waals surface area contributed by atoms with Crippen molar-refractivity contribution in [3.05, 3.63) is 59.2 Å². The van der Waals surface area contributed by atoms with E-state index in [1.165, 1.54) is 24.3 Å². The number of aromatic nitrogens is 2. The van der Waals surface area contributed by atoms with Crippen molar-refractivity contribution >= 4 is 21.8 Å². The van der Waals surface area contributed by atoms with Crippen molar-refractivity contribution in [3.8, 4) is 11.5 Å². The Labute approximate surface area is 157 Å². The summed E-state index contributed by atoms with van der Waals surface area (Å²) >= 11 is 0. The highest BCUT2D eigenvalue weighted by atomic mass is 32.2. The van der Waals surface area contributed by atoms with Crippen molar-refractivity contribution in [2.75, 3.05) is 11.1 Å². The Morgan fingerprint density at radius 1 is 1.11 bits per heavy atom. The van der Waals surface area contributed by atoms with Gasteiger partial charge in [-0.1, -0.05) is 35.8 Å². The molecule has 7 nitrogen and oxygen atoms in total. The lowest BCUT2D eigenvalue weighted by molar-refractivity contribution is 0.102. The molecule has 0 aliphatic heterocycles. The van der Waals surface area contributed by atoms with E-state index in [2.05, 4.69) is 15.5 Å². The van der Waals surface area contributed by atoms with E-state index >= 15 is 0 Å². The molecule has 8 heteroatoms. The first-order chi connectivity index (χ1) is 12.8. The summed E-state index contributed by atoms with van der Waals surface area (Å²) in [5, 5.41) is 10.3. The number of hydrogen-bond donors (Lipinski definition) is 1. The molecule has 1 N–H and O–H groups in total. The van der Waals surface area contributed by atoms with Crippen LogP contribution in [-0.2, 0) is 9.84 Å². The maximum Gasteiger partial charge on any atom is 0.322 e. The van der Waals surface area contributed by atoms with E-state index in [4.69, 9.17) is 4.42 Å². The van der Waals surface area contributed by atoms with Crippen LogP contribution in [0.1, 0.15) is 28.4 Å².